The van der Waals surface area contributed by atoms with Crippen LogP contribution in [0.1, 0.15) is 40.5 Å². The second kappa shape index (κ2) is 3.00. The average molecular weight is 171 g/mol. The van der Waals surface area contributed by atoms with E-state index in [2.05, 4.69) is 26.1 Å². The first-order valence-electron chi connectivity index (χ1n) is 4.79. The van der Waals surface area contributed by atoms with Crippen molar-refractivity contribution in [1.82, 2.24) is 5.32 Å². The van der Waals surface area contributed by atoms with Gasteiger partial charge in [-0.15, -0.1) is 0 Å². The van der Waals surface area contributed by atoms with Gasteiger partial charge in [-0.05, 0) is 46.5 Å². The Balaban J connectivity index is 2.30. The molecular formula is C10H21NO. The fraction of sp³-hybridized carbons (Fsp3) is 1.00. The van der Waals surface area contributed by atoms with Crippen molar-refractivity contribution < 1.29 is 5.11 Å². The zero-order valence-corrected chi connectivity index (χ0v) is 8.65. The zero-order valence-electron chi connectivity index (χ0n) is 8.65. The van der Waals surface area contributed by atoms with Crippen LogP contribution in [0.5, 0.6) is 0 Å². The predicted octanol–water partition coefficient (Wildman–Crippen LogP) is 1.54. The summed E-state index contributed by atoms with van der Waals surface area (Å²) in [6.45, 7) is 9.01. The molecule has 0 aromatic heterocycles. The van der Waals surface area contributed by atoms with Crippen molar-refractivity contribution in [3.05, 3.63) is 0 Å². The molecule has 0 aromatic rings. The molecule has 0 radical (unpaired) electrons. The van der Waals surface area contributed by atoms with Crippen molar-refractivity contribution in [1.29, 1.82) is 0 Å². The highest BCUT2D eigenvalue weighted by Crippen LogP contribution is 2.39. The van der Waals surface area contributed by atoms with Crippen molar-refractivity contribution in [3.63, 3.8) is 0 Å². The van der Waals surface area contributed by atoms with Gasteiger partial charge in [0.1, 0.15) is 0 Å². The van der Waals surface area contributed by atoms with E-state index in [0.29, 0.717) is 12.5 Å². The van der Waals surface area contributed by atoms with E-state index in [1.165, 1.54) is 12.8 Å². The third kappa shape index (κ3) is 3.11. The lowest BCUT2D eigenvalue weighted by Gasteiger charge is -2.29. The van der Waals surface area contributed by atoms with Crippen LogP contribution in [0, 0.1) is 5.92 Å². The molecule has 0 aliphatic heterocycles. The first-order chi connectivity index (χ1) is 5.31. The lowest BCUT2D eigenvalue weighted by Crippen LogP contribution is -2.47. The average Bonchev–Trinajstić information content (AvgIpc) is 2.62. The van der Waals surface area contributed by atoms with E-state index < -0.39 is 5.60 Å². The van der Waals surface area contributed by atoms with Crippen molar-refractivity contribution in [2.75, 3.05) is 6.54 Å². The molecule has 12 heavy (non-hydrogen) atoms. The normalized spacial score (nSPS) is 23.8. The van der Waals surface area contributed by atoms with Crippen LogP contribution in [0.15, 0.2) is 0 Å². The topological polar surface area (TPSA) is 32.3 Å². The van der Waals surface area contributed by atoms with Gasteiger partial charge < -0.3 is 10.4 Å². The van der Waals surface area contributed by atoms with Crippen LogP contribution < -0.4 is 5.32 Å². The number of hydrogen-bond acceptors (Lipinski definition) is 2. The van der Waals surface area contributed by atoms with Crippen molar-refractivity contribution in [2.24, 2.45) is 5.92 Å². The minimum atomic E-state index is -0.493. The van der Waals surface area contributed by atoms with Crippen LogP contribution >= 0.6 is 0 Å². The molecule has 0 saturated heterocycles. The molecule has 0 aromatic carbocycles. The third-order valence-corrected chi connectivity index (χ3v) is 2.43. The maximum atomic E-state index is 9.96. The molecule has 72 valence electrons. The summed E-state index contributed by atoms with van der Waals surface area (Å²) in [5.41, 5.74) is -0.383. The molecule has 1 saturated carbocycles. The summed E-state index contributed by atoms with van der Waals surface area (Å²) in [6.07, 6.45) is 2.39. The van der Waals surface area contributed by atoms with Crippen LogP contribution in [0.4, 0.5) is 0 Å². The fourth-order valence-electron chi connectivity index (χ4n) is 1.29. The van der Waals surface area contributed by atoms with Crippen molar-refractivity contribution >= 4 is 0 Å². The minimum Gasteiger partial charge on any atom is -0.389 e. The summed E-state index contributed by atoms with van der Waals surface area (Å²) in [6, 6.07) is 0. The summed E-state index contributed by atoms with van der Waals surface area (Å²) < 4.78 is 0. The smallest absolute Gasteiger partial charge is 0.0771 e. The highest BCUT2D eigenvalue weighted by molar-refractivity contribution is 4.93. The minimum absolute atomic E-state index is 0.110. The Bertz CT molecular complexity index is 154. The van der Waals surface area contributed by atoms with Crippen LogP contribution in [0.2, 0.25) is 0 Å². The molecule has 0 heterocycles. The molecule has 1 unspecified atom stereocenters. The maximum absolute atomic E-state index is 9.96. The Morgan fingerprint density at radius 2 is 1.75 bits per heavy atom. The van der Waals surface area contributed by atoms with Crippen molar-refractivity contribution in [2.45, 2.75) is 51.7 Å². The van der Waals surface area contributed by atoms with Crippen LogP contribution in [-0.2, 0) is 0 Å². The van der Waals surface area contributed by atoms with Gasteiger partial charge in [0.05, 0.1) is 5.60 Å². The molecule has 0 bridgehead atoms. The highest BCUT2D eigenvalue weighted by Gasteiger charge is 2.39. The standard InChI is InChI=1S/C10H21NO/c1-9(2,3)11-7-10(4,12)8-5-6-8/h8,11-12H,5-7H2,1-4H3. The van der Waals surface area contributed by atoms with Crippen LogP contribution in [-0.4, -0.2) is 22.8 Å². The number of aliphatic hydroxyl groups is 1. The lowest BCUT2D eigenvalue weighted by atomic mass is 9.98. The molecule has 0 amide bonds. The van der Waals surface area contributed by atoms with Crippen LogP contribution in [0.3, 0.4) is 0 Å². The first-order valence-corrected chi connectivity index (χ1v) is 4.79. The molecule has 1 atom stereocenters. The summed E-state index contributed by atoms with van der Waals surface area (Å²) in [5, 5.41) is 13.3. The molecule has 1 aliphatic rings. The molecule has 1 rings (SSSR count). The van der Waals surface area contributed by atoms with Gasteiger partial charge in [-0.1, -0.05) is 0 Å². The number of hydrogen-bond donors (Lipinski definition) is 2. The van der Waals surface area contributed by atoms with E-state index in [-0.39, 0.29) is 5.54 Å². The largest absolute Gasteiger partial charge is 0.389 e. The molecular weight excluding hydrogens is 150 g/mol. The maximum Gasteiger partial charge on any atom is 0.0771 e. The molecule has 1 fully saturated rings. The zero-order chi connectivity index (χ0) is 9.41. The van der Waals surface area contributed by atoms with Gasteiger partial charge in [0.15, 0.2) is 0 Å². The highest BCUT2D eigenvalue weighted by atomic mass is 16.3. The third-order valence-electron chi connectivity index (χ3n) is 2.43. The summed E-state index contributed by atoms with van der Waals surface area (Å²) in [4.78, 5) is 0. The SMILES string of the molecule is CC(C)(C)NCC(C)(O)C1CC1. The van der Waals surface area contributed by atoms with E-state index in [9.17, 15) is 5.11 Å². The monoisotopic (exact) mass is 171 g/mol. The quantitative estimate of drug-likeness (QED) is 0.675. The van der Waals surface area contributed by atoms with Gasteiger partial charge in [0.25, 0.3) is 0 Å². The second-order valence-electron chi connectivity index (χ2n) is 5.23. The Morgan fingerprint density at radius 3 is 2.08 bits per heavy atom. The van der Waals surface area contributed by atoms with E-state index >= 15 is 0 Å². The van der Waals surface area contributed by atoms with E-state index in [0.717, 1.165) is 0 Å². The van der Waals surface area contributed by atoms with Gasteiger partial charge in [-0.2, -0.15) is 0 Å². The molecule has 1 aliphatic carbocycles. The Morgan fingerprint density at radius 1 is 1.25 bits per heavy atom. The summed E-state index contributed by atoms with van der Waals surface area (Å²) in [5.74, 6) is 0.535. The van der Waals surface area contributed by atoms with Gasteiger partial charge in [-0.3, -0.25) is 0 Å². The Labute approximate surface area is 75.4 Å². The first kappa shape index (κ1) is 10.0. The van der Waals surface area contributed by atoms with E-state index in [4.69, 9.17) is 0 Å². The summed E-state index contributed by atoms with van der Waals surface area (Å²) in [7, 11) is 0. The predicted molar refractivity (Wildman–Crippen MR) is 51.1 cm³/mol. The van der Waals surface area contributed by atoms with Gasteiger partial charge in [-0.25, -0.2) is 0 Å². The van der Waals surface area contributed by atoms with Crippen LogP contribution in [0.25, 0.3) is 0 Å². The Hall–Kier alpha value is -0.0800. The molecule has 2 heteroatoms. The number of β-amino-alcohol motifs (C(OH)–C–C–N with tert-alkyl or cyclic N) is 1. The lowest BCUT2D eigenvalue weighted by molar-refractivity contribution is 0.0311. The number of nitrogens with one attached hydrogen (secondary N) is 1. The number of rotatable bonds is 3. The fourth-order valence-corrected chi connectivity index (χ4v) is 1.29. The van der Waals surface area contributed by atoms with E-state index in [1.807, 2.05) is 6.92 Å². The molecule has 2 N–H and O–H groups in total. The summed E-state index contributed by atoms with van der Waals surface area (Å²) >= 11 is 0. The van der Waals surface area contributed by atoms with Crippen molar-refractivity contribution in [3.8, 4) is 0 Å². The van der Waals surface area contributed by atoms with Gasteiger partial charge in [0, 0.05) is 12.1 Å². The molecule has 2 nitrogen and oxygen atoms in total. The molecule has 0 spiro atoms. The Kier molecular flexibility index (Phi) is 2.50. The van der Waals surface area contributed by atoms with E-state index in [1.54, 1.807) is 0 Å². The van der Waals surface area contributed by atoms with Gasteiger partial charge >= 0.3 is 0 Å². The van der Waals surface area contributed by atoms with Gasteiger partial charge in [0.2, 0.25) is 0 Å². The second-order valence-corrected chi connectivity index (χ2v) is 5.23.